The lowest BCUT2D eigenvalue weighted by Gasteiger charge is -2.10. The summed E-state index contributed by atoms with van der Waals surface area (Å²) in [6.45, 7) is 0. The number of amides is 2. The molecule has 86 valence electrons. The molecule has 18 heavy (non-hydrogen) atoms. The van der Waals surface area contributed by atoms with Crippen LogP contribution >= 0.6 is 0 Å². The van der Waals surface area contributed by atoms with Gasteiger partial charge in [-0.05, 0) is 0 Å². The van der Waals surface area contributed by atoms with Crippen LogP contribution in [0.2, 0.25) is 0 Å². The molecular formula is C8H2N8O2. The van der Waals surface area contributed by atoms with Gasteiger partial charge in [-0.3, -0.25) is 9.59 Å². The van der Waals surface area contributed by atoms with Crippen LogP contribution in [0.25, 0.3) is 0 Å². The number of rotatable bonds is 0. The van der Waals surface area contributed by atoms with Crippen molar-refractivity contribution < 1.29 is 9.59 Å². The molecule has 2 aliphatic rings. The molecule has 0 spiro atoms. The van der Waals surface area contributed by atoms with Crippen LogP contribution in [0.15, 0.2) is 30.0 Å². The van der Waals surface area contributed by atoms with Crippen molar-refractivity contribution in [3.05, 3.63) is 0 Å². The predicted octanol–water partition coefficient (Wildman–Crippen LogP) is -0.834. The molecule has 2 amide bonds. The minimum atomic E-state index is -0.852. The summed E-state index contributed by atoms with van der Waals surface area (Å²) in [6.07, 6.45) is 0. The fourth-order valence-electron chi connectivity index (χ4n) is 1.14. The highest BCUT2D eigenvalue weighted by atomic mass is 16.2. The van der Waals surface area contributed by atoms with Gasteiger partial charge in [0.1, 0.15) is 0 Å². The molecule has 2 aliphatic heterocycles. The third kappa shape index (κ3) is 1.87. The summed E-state index contributed by atoms with van der Waals surface area (Å²) < 4.78 is 0. The van der Waals surface area contributed by atoms with E-state index in [-0.39, 0.29) is 23.3 Å². The summed E-state index contributed by atoms with van der Waals surface area (Å²) in [5, 5.41) is 13.2. The zero-order chi connectivity index (χ0) is 13.1. The zero-order valence-corrected chi connectivity index (χ0v) is 8.50. The quantitative estimate of drug-likeness (QED) is 0.531. The number of carbonyl (C=O) groups is 2. The van der Waals surface area contributed by atoms with Crippen molar-refractivity contribution >= 4 is 47.2 Å². The van der Waals surface area contributed by atoms with E-state index in [2.05, 4.69) is 30.0 Å². The summed E-state index contributed by atoms with van der Waals surface area (Å²) in [4.78, 5) is 43.6. The Balaban J connectivity index is 2.54. The smallest absolute Gasteiger partial charge is 0.265 e. The SMILES string of the molecule is N=C=NC1=NC(=O)C2=NC(N=C=N)=NC(=O)C2=N1. The van der Waals surface area contributed by atoms with Gasteiger partial charge in [-0.25, -0.2) is 20.8 Å². The van der Waals surface area contributed by atoms with Crippen LogP contribution in [0.4, 0.5) is 0 Å². The molecule has 10 nitrogen and oxygen atoms in total. The molecule has 0 radical (unpaired) electrons. The summed E-state index contributed by atoms with van der Waals surface area (Å²) in [7, 11) is 0. The highest BCUT2D eigenvalue weighted by Crippen LogP contribution is 2.07. The molecule has 2 N–H and O–H groups in total. The molecule has 2 heterocycles. The van der Waals surface area contributed by atoms with Crippen LogP contribution in [-0.2, 0) is 9.59 Å². The first-order valence-corrected chi connectivity index (χ1v) is 4.34. The molecule has 0 aromatic carbocycles. The Labute approximate surface area is 98.3 Å². The van der Waals surface area contributed by atoms with Crippen LogP contribution in [0.3, 0.4) is 0 Å². The van der Waals surface area contributed by atoms with E-state index in [4.69, 9.17) is 10.8 Å². The van der Waals surface area contributed by atoms with Crippen molar-refractivity contribution in [3.8, 4) is 0 Å². The van der Waals surface area contributed by atoms with Crippen LogP contribution in [0.5, 0.6) is 0 Å². The number of carbonyl (C=O) groups excluding carboxylic acids is 2. The van der Waals surface area contributed by atoms with Crippen LogP contribution in [-0.4, -0.2) is 47.2 Å². The van der Waals surface area contributed by atoms with Gasteiger partial charge in [-0.1, -0.05) is 0 Å². The Bertz CT molecular complexity index is 622. The standard InChI is InChI=1S/C8H2N8O2/c9-1-11-7-13-3-4(5(17)15-7)14-8(12-2-10)16-6(3)18/h9-10H. The van der Waals surface area contributed by atoms with Crippen LogP contribution < -0.4 is 0 Å². The molecule has 0 saturated heterocycles. The van der Waals surface area contributed by atoms with Crippen LogP contribution in [0, 0.1) is 10.8 Å². The second kappa shape index (κ2) is 4.34. The third-order valence-corrected chi connectivity index (χ3v) is 1.77. The number of aliphatic imine (C=N–C) groups is 6. The van der Waals surface area contributed by atoms with Crippen molar-refractivity contribution in [1.82, 2.24) is 0 Å². The Morgan fingerprint density at radius 2 is 1.17 bits per heavy atom. The average Bonchev–Trinajstić information content (AvgIpc) is 2.32. The maximum atomic E-state index is 11.5. The van der Waals surface area contributed by atoms with Crippen LogP contribution in [0.1, 0.15) is 0 Å². The van der Waals surface area contributed by atoms with Crippen molar-refractivity contribution in [3.63, 3.8) is 0 Å². The van der Waals surface area contributed by atoms with Gasteiger partial charge < -0.3 is 0 Å². The molecule has 10 heteroatoms. The molecule has 0 fully saturated rings. The minimum absolute atomic E-state index is 0.326. The van der Waals surface area contributed by atoms with E-state index < -0.39 is 11.8 Å². The molecule has 0 aromatic heterocycles. The van der Waals surface area contributed by atoms with Gasteiger partial charge in [0.05, 0.1) is 12.0 Å². The monoisotopic (exact) mass is 242 g/mol. The van der Waals surface area contributed by atoms with Gasteiger partial charge >= 0.3 is 11.8 Å². The average molecular weight is 242 g/mol. The van der Waals surface area contributed by atoms with Gasteiger partial charge in [0.2, 0.25) is 0 Å². The Morgan fingerprint density at radius 1 is 0.778 bits per heavy atom. The number of guanidine groups is 2. The molecule has 2 rings (SSSR count). The van der Waals surface area contributed by atoms with Crippen molar-refractivity contribution in [2.45, 2.75) is 0 Å². The fraction of sp³-hybridized carbons (Fsp3) is 0. The highest BCUT2D eigenvalue weighted by molar-refractivity contribution is 6.84. The van der Waals surface area contributed by atoms with Crippen molar-refractivity contribution in [2.75, 3.05) is 0 Å². The highest BCUT2D eigenvalue weighted by Gasteiger charge is 2.32. The normalized spacial score (nSPS) is 17.3. The van der Waals surface area contributed by atoms with Gasteiger partial charge in [0.25, 0.3) is 11.9 Å². The minimum Gasteiger partial charge on any atom is -0.265 e. The number of nitrogens with one attached hydrogen (secondary N) is 2. The maximum Gasteiger partial charge on any atom is 0.301 e. The summed E-state index contributed by atoms with van der Waals surface area (Å²) in [5.74, 6) is -2.44. The van der Waals surface area contributed by atoms with Crippen molar-refractivity contribution in [1.29, 1.82) is 10.8 Å². The van der Waals surface area contributed by atoms with Gasteiger partial charge in [-0.2, -0.15) is 9.98 Å². The van der Waals surface area contributed by atoms with E-state index in [9.17, 15) is 9.59 Å². The number of nitrogens with zero attached hydrogens (tertiary/aromatic N) is 6. The summed E-state index contributed by atoms with van der Waals surface area (Å²) >= 11 is 0. The summed E-state index contributed by atoms with van der Waals surface area (Å²) in [6, 6.07) is 3.28. The lowest BCUT2D eigenvalue weighted by molar-refractivity contribution is -0.113. The molecule has 0 saturated carbocycles. The van der Waals surface area contributed by atoms with E-state index >= 15 is 0 Å². The van der Waals surface area contributed by atoms with Gasteiger partial charge in [0, 0.05) is 0 Å². The van der Waals surface area contributed by atoms with E-state index in [1.54, 1.807) is 12.0 Å². The fourth-order valence-corrected chi connectivity index (χ4v) is 1.14. The molecule has 0 aromatic rings. The first kappa shape index (κ1) is 11.3. The van der Waals surface area contributed by atoms with E-state index in [1.165, 1.54) is 0 Å². The second-order valence-corrected chi connectivity index (χ2v) is 2.80. The maximum absolute atomic E-state index is 11.5. The molecule has 0 aliphatic carbocycles. The third-order valence-electron chi connectivity index (χ3n) is 1.77. The molecule has 0 unspecified atom stereocenters. The van der Waals surface area contributed by atoms with Crippen molar-refractivity contribution in [2.24, 2.45) is 30.0 Å². The number of fused-ring (bicyclic) bond motifs is 1. The molecule has 0 bridgehead atoms. The predicted molar refractivity (Wildman–Crippen MR) is 60.1 cm³/mol. The zero-order valence-electron chi connectivity index (χ0n) is 8.50. The lowest BCUT2D eigenvalue weighted by atomic mass is 10.1. The largest absolute Gasteiger partial charge is 0.301 e. The summed E-state index contributed by atoms with van der Waals surface area (Å²) in [5.41, 5.74) is -0.652. The van der Waals surface area contributed by atoms with Gasteiger partial charge in [0.15, 0.2) is 11.4 Å². The first-order valence-electron chi connectivity index (χ1n) is 4.34. The second-order valence-electron chi connectivity index (χ2n) is 2.80. The Hall–Kier alpha value is -3.22. The molecular weight excluding hydrogens is 240 g/mol. The Kier molecular flexibility index (Phi) is 2.72. The topological polar surface area (TPSA) is 156 Å². The Morgan fingerprint density at radius 3 is 1.50 bits per heavy atom. The molecule has 0 atom stereocenters. The lowest BCUT2D eigenvalue weighted by Crippen LogP contribution is -2.37. The number of hydrogen-bond donors (Lipinski definition) is 2. The number of hydrogen-bond acceptors (Lipinski definition) is 8. The van der Waals surface area contributed by atoms with E-state index in [1.807, 2.05) is 0 Å². The van der Waals surface area contributed by atoms with Gasteiger partial charge in [-0.15, -0.1) is 9.98 Å². The van der Waals surface area contributed by atoms with E-state index in [0.717, 1.165) is 0 Å². The first-order chi connectivity index (χ1) is 8.65. The van der Waals surface area contributed by atoms with E-state index in [0.29, 0.717) is 0 Å².